The van der Waals surface area contributed by atoms with Gasteiger partial charge in [-0.3, -0.25) is 9.69 Å². The van der Waals surface area contributed by atoms with E-state index in [-0.39, 0.29) is 23.6 Å². The van der Waals surface area contributed by atoms with Crippen LogP contribution in [0.15, 0.2) is 30.3 Å². The molecule has 0 spiro atoms. The predicted octanol–water partition coefficient (Wildman–Crippen LogP) is 3.76. The molecule has 1 unspecified atom stereocenters. The first-order valence-corrected chi connectivity index (χ1v) is 12.1. The SMILES string of the molecule is CC(=O)N(C1CCN(C2(CC#N)CN(C(=O)OC(C)(C)C)C2)CC1)[C@@H]1CC1c1ccccc1. The predicted molar refractivity (Wildman–Crippen MR) is 125 cm³/mol. The van der Waals surface area contributed by atoms with E-state index < -0.39 is 5.60 Å². The fraction of sp³-hybridized carbons (Fsp3) is 0.654. The van der Waals surface area contributed by atoms with E-state index in [0.29, 0.717) is 31.5 Å². The molecule has 33 heavy (non-hydrogen) atoms. The van der Waals surface area contributed by atoms with E-state index in [1.54, 1.807) is 11.8 Å². The highest BCUT2D eigenvalue weighted by molar-refractivity contribution is 5.75. The van der Waals surface area contributed by atoms with Crippen LogP contribution >= 0.6 is 0 Å². The third-order valence-electron chi connectivity index (χ3n) is 7.26. The van der Waals surface area contributed by atoms with E-state index in [1.165, 1.54) is 5.56 Å². The third-order valence-corrected chi connectivity index (χ3v) is 7.26. The first kappa shape index (κ1) is 23.6. The van der Waals surface area contributed by atoms with Crippen molar-refractivity contribution in [2.24, 2.45) is 0 Å². The van der Waals surface area contributed by atoms with Crippen LogP contribution in [0.2, 0.25) is 0 Å². The molecular weight excluding hydrogens is 416 g/mol. The van der Waals surface area contributed by atoms with E-state index in [4.69, 9.17) is 4.74 Å². The Morgan fingerprint density at radius 1 is 1.18 bits per heavy atom. The van der Waals surface area contributed by atoms with Gasteiger partial charge in [0.15, 0.2) is 0 Å². The molecule has 0 N–H and O–H groups in total. The average molecular weight is 453 g/mol. The molecule has 3 aliphatic rings. The Balaban J connectivity index is 1.35. The lowest BCUT2D eigenvalue weighted by Gasteiger charge is -2.56. The second-order valence-corrected chi connectivity index (χ2v) is 10.9. The van der Waals surface area contributed by atoms with Gasteiger partial charge in [0.1, 0.15) is 5.60 Å². The summed E-state index contributed by atoms with van der Waals surface area (Å²) in [6, 6.07) is 13.3. The molecule has 1 aliphatic carbocycles. The van der Waals surface area contributed by atoms with Crippen LogP contribution < -0.4 is 0 Å². The number of ether oxygens (including phenoxy) is 1. The Morgan fingerprint density at radius 3 is 2.36 bits per heavy atom. The standard InChI is InChI=1S/C26H36N4O3/c1-19(31)30(23-16-22(23)20-8-6-5-7-9-20)21-10-14-29(15-11-21)26(12-13-27)17-28(18-26)24(32)33-25(2,3)4/h5-9,21-23H,10-12,14-18H2,1-4H3/t22?,23-/m1/s1. The van der Waals surface area contributed by atoms with Gasteiger partial charge < -0.3 is 14.5 Å². The van der Waals surface area contributed by atoms with Gasteiger partial charge >= 0.3 is 6.09 Å². The van der Waals surface area contributed by atoms with E-state index in [9.17, 15) is 14.9 Å². The molecule has 178 valence electrons. The molecular formula is C26H36N4O3. The van der Waals surface area contributed by atoms with Gasteiger partial charge in [-0.25, -0.2) is 4.79 Å². The maximum absolute atomic E-state index is 12.6. The minimum absolute atomic E-state index is 0.156. The molecule has 7 heteroatoms. The number of likely N-dealkylation sites (tertiary alicyclic amines) is 2. The minimum atomic E-state index is -0.528. The van der Waals surface area contributed by atoms with Gasteiger partial charge in [0, 0.05) is 51.1 Å². The quantitative estimate of drug-likeness (QED) is 0.680. The lowest BCUT2D eigenvalue weighted by atomic mass is 9.83. The lowest BCUT2D eigenvalue weighted by Crippen LogP contribution is -2.72. The Bertz CT molecular complexity index is 906. The van der Waals surface area contributed by atoms with Crippen LogP contribution in [0.1, 0.15) is 64.9 Å². The van der Waals surface area contributed by atoms with E-state index in [1.807, 2.05) is 26.8 Å². The normalized spacial score (nSPS) is 25.0. The van der Waals surface area contributed by atoms with Crippen LogP contribution in [0, 0.1) is 11.3 Å². The molecule has 1 saturated carbocycles. The molecule has 2 saturated heterocycles. The van der Waals surface area contributed by atoms with Gasteiger partial charge in [-0.05, 0) is 45.6 Å². The second-order valence-electron chi connectivity index (χ2n) is 10.9. The van der Waals surface area contributed by atoms with Crippen molar-refractivity contribution in [3.63, 3.8) is 0 Å². The van der Waals surface area contributed by atoms with Crippen LogP contribution in [-0.4, -0.2) is 76.1 Å². The Labute approximate surface area is 197 Å². The highest BCUT2D eigenvalue weighted by atomic mass is 16.6. The van der Waals surface area contributed by atoms with Crippen LogP contribution in [0.25, 0.3) is 0 Å². The summed E-state index contributed by atoms with van der Waals surface area (Å²) in [6.07, 6.45) is 2.92. The molecule has 3 fully saturated rings. The van der Waals surface area contributed by atoms with E-state index >= 15 is 0 Å². The summed E-state index contributed by atoms with van der Waals surface area (Å²) in [5, 5.41) is 9.48. The van der Waals surface area contributed by atoms with Gasteiger partial charge in [0.05, 0.1) is 18.0 Å². The fourth-order valence-corrected chi connectivity index (χ4v) is 5.62. The Hall–Kier alpha value is -2.59. The van der Waals surface area contributed by atoms with Crippen LogP contribution in [-0.2, 0) is 9.53 Å². The molecule has 0 aromatic heterocycles. The summed E-state index contributed by atoms with van der Waals surface area (Å²) in [5.74, 6) is 0.593. The number of nitriles is 1. The zero-order valence-corrected chi connectivity index (χ0v) is 20.3. The largest absolute Gasteiger partial charge is 0.444 e. The smallest absolute Gasteiger partial charge is 0.410 e. The highest BCUT2D eigenvalue weighted by Gasteiger charge is 2.52. The van der Waals surface area contributed by atoms with Crippen molar-refractivity contribution in [1.29, 1.82) is 5.26 Å². The molecule has 2 aliphatic heterocycles. The number of benzene rings is 1. The summed E-state index contributed by atoms with van der Waals surface area (Å²) >= 11 is 0. The van der Waals surface area contributed by atoms with Gasteiger partial charge in [-0.15, -0.1) is 0 Å². The van der Waals surface area contributed by atoms with Crippen molar-refractivity contribution in [2.45, 2.75) is 82.5 Å². The van der Waals surface area contributed by atoms with Crippen LogP contribution in [0.3, 0.4) is 0 Å². The molecule has 2 amide bonds. The summed E-state index contributed by atoms with van der Waals surface area (Å²) in [7, 11) is 0. The maximum Gasteiger partial charge on any atom is 0.410 e. The number of nitrogens with zero attached hydrogens (tertiary/aromatic N) is 4. The first-order chi connectivity index (χ1) is 15.6. The van der Waals surface area contributed by atoms with Crippen molar-refractivity contribution in [3.05, 3.63) is 35.9 Å². The fourth-order valence-electron chi connectivity index (χ4n) is 5.62. The monoisotopic (exact) mass is 452 g/mol. The second kappa shape index (κ2) is 8.98. The molecule has 0 bridgehead atoms. The van der Waals surface area contributed by atoms with Crippen molar-refractivity contribution in [3.8, 4) is 6.07 Å². The zero-order chi connectivity index (χ0) is 23.8. The highest BCUT2D eigenvalue weighted by Crippen LogP contribution is 2.46. The van der Waals surface area contributed by atoms with Crippen molar-refractivity contribution in [1.82, 2.24) is 14.7 Å². The number of rotatable bonds is 5. The van der Waals surface area contributed by atoms with Gasteiger partial charge in [-0.1, -0.05) is 30.3 Å². The Morgan fingerprint density at radius 2 is 1.82 bits per heavy atom. The van der Waals surface area contributed by atoms with Crippen LogP contribution in [0.5, 0.6) is 0 Å². The molecule has 1 aromatic carbocycles. The molecule has 1 aromatic rings. The number of amides is 2. The number of piperidine rings is 1. The number of carbonyl (C=O) groups excluding carboxylic acids is 2. The van der Waals surface area contributed by atoms with E-state index in [2.05, 4.69) is 40.1 Å². The average Bonchev–Trinajstić information content (AvgIpc) is 3.50. The number of hydrogen-bond donors (Lipinski definition) is 0. The Kier molecular flexibility index (Phi) is 6.41. The summed E-state index contributed by atoms with van der Waals surface area (Å²) in [6.45, 7) is 9.99. The zero-order valence-electron chi connectivity index (χ0n) is 20.3. The van der Waals surface area contributed by atoms with Gasteiger partial charge in [0.25, 0.3) is 0 Å². The summed E-state index contributed by atoms with van der Waals surface area (Å²) in [5.41, 5.74) is 0.486. The molecule has 2 atom stereocenters. The first-order valence-electron chi connectivity index (χ1n) is 12.1. The van der Waals surface area contributed by atoms with Gasteiger partial charge in [-0.2, -0.15) is 5.26 Å². The lowest BCUT2D eigenvalue weighted by molar-refractivity contribution is -0.134. The molecule has 4 rings (SSSR count). The summed E-state index contributed by atoms with van der Waals surface area (Å²) in [4.78, 5) is 31.2. The maximum atomic E-state index is 12.6. The summed E-state index contributed by atoms with van der Waals surface area (Å²) < 4.78 is 5.50. The van der Waals surface area contributed by atoms with Crippen molar-refractivity contribution in [2.75, 3.05) is 26.2 Å². The molecule has 0 radical (unpaired) electrons. The number of carbonyl (C=O) groups is 2. The minimum Gasteiger partial charge on any atom is -0.444 e. The number of hydrogen-bond acceptors (Lipinski definition) is 5. The topological polar surface area (TPSA) is 76.9 Å². The molecule has 2 heterocycles. The van der Waals surface area contributed by atoms with Gasteiger partial charge in [0.2, 0.25) is 5.91 Å². The molecule has 7 nitrogen and oxygen atoms in total. The van der Waals surface area contributed by atoms with Crippen molar-refractivity contribution >= 4 is 12.0 Å². The van der Waals surface area contributed by atoms with Crippen molar-refractivity contribution < 1.29 is 14.3 Å². The van der Waals surface area contributed by atoms with Crippen LogP contribution in [0.4, 0.5) is 4.79 Å². The van der Waals surface area contributed by atoms with E-state index in [0.717, 1.165) is 32.4 Å². The third kappa shape index (κ3) is 5.01.